The van der Waals surface area contributed by atoms with Crippen molar-refractivity contribution in [3.8, 4) is 6.07 Å². The summed E-state index contributed by atoms with van der Waals surface area (Å²) in [5, 5.41) is 11.7. The minimum Gasteiger partial charge on any atom is -0.408 e. The van der Waals surface area contributed by atoms with Crippen molar-refractivity contribution in [2.45, 2.75) is 12.8 Å². The van der Waals surface area contributed by atoms with Gasteiger partial charge in [-0.05, 0) is 36.2 Å². The lowest BCUT2D eigenvalue weighted by Crippen LogP contribution is -2.13. The Labute approximate surface area is 131 Å². The van der Waals surface area contributed by atoms with Crippen LogP contribution in [0.4, 0.5) is 5.69 Å². The average Bonchev–Trinajstić information content (AvgIpc) is 2.92. The fraction of sp³-hybridized carbons (Fsp3) is 0.118. The Kier molecular flexibility index (Phi) is 3.93. The lowest BCUT2D eigenvalue weighted by Gasteiger charge is -2.06. The van der Waals surface area contributed by atoms with Gasteiger partial charge in [0.2, 0.25) is 5.91 Å². The van der Waals surface area contributed by atoms with Gasteiger partial charge in [0.15, 0.2) is 5.58 Å². The standard InChI is InChI=1S/C17H13N3O3/c18-10-12-3-1-2-4-13(12)19-16(21)8-6-11-5-7-15-14(9-11)20-17(22)23-15/h1-5,7,9H,6,8H2,(H,19,21)(H,20,22). The average molecular weight is 307 g/mol. The molecule has 3 rings (SSSR count). The van der Waals surface area contributed by atoms with Crippen LogP contribution in [0.25, 0.3) is 11.1 Å². The molecule has 0 unspecified atom stereocenters. The number of nitriles is 1. The SMILES string of the molecule is N#Cc1ccccc1NC(=O)CCc1ccc2oc(=O)[nH]c2c1. The predicted octanol–water partition coefficient (Wildman–Crippen LogP) is 2.56. The van der Waals surface area contributed by atoms with E-state index in [1.54, 1.807) is 36.4 Å². The number of carbonyl (C=O) groups is 1. The molecule has 0 atom stereocenters. The van der Waals surface area contributed by atoms with E-state index < -0.39 is 5.76 Å². The molecule has 0 radical (unpaired) electrons. The molecule has 0 aliphatic carbocycles. The number of anilines is 1. The van der Waals surface area contributed by atoms with Crippen LogP contribution in [0.5, 0.6) is 0 Å². The number of para-hydroxylation sites is 1. The van der Waals surface area contributed by atoms with Crippen molar-refractivity contribution < 1.29 is 9.21 Å². The number of aromatic nitrogens is 1. The molecule has 0 aliphatic heterocycles. The third kappa shape index (κ3) is 3.30. The zero-order valence-electron chi connectivity index (χ0n) is 12.1. The first kappa shape index (κ1) is 14.6. The number of oxazole rings is 1. The van der Waals surface area contributed by atoms with E-state index in [9.17, 15) is 9.59 Å². The third-order valence-corrected chi connectivity index (χ3v) is 3.45. The van der Waals surface area contributed by atoms with Crippen molar-refractivity contribution in [2.24, 2.45) is 0 Å². The first-order chi connectivity index (χ1) is 11.2. The normalized spacial score (nSPS) is 10.4. The van der Waals surface area contributed by atoms with E-state index in [0.29, 0.717) is 28.8 Å². The highest BCUT2D eigenvalue weighted by molar-refractivity contribution is 5.92. The highest BCUT2D eigenvalue weighted by Crippen LogP contribution is 2.16. The molecule has 2 aromatic carbocycles. The first-order valence-electron chi connectivity index (χ1n) is 7.06. The fourth-order valence-corrected chi connectivity index (χ4v) is 2.31. The Balaban J connectivity index is 1.66. The second-order valence-electron chi connectivity index (χ2n) is 5.05. The number of carbonyl (C=O) groups excluding carboxylic acids is 1. The molecule has 0 aliphatic rings. The number of benzene rings is 2. The summed E-state index contributed by atoms with van der Waals surface area (Å²) in [6.07, 6.45) is 0.789. The second kappa shape index (κ2) is 6.20. The topological polar surface area (TPSA) is 98.9 Å². The lowest BCUT2D eigenvalue weighted by atomic mass is 10.1. The van der Waals surface area contributed by atoms with E-state index in [1.807, 2.05) is 12.1 Å². The molecule has 2 N–H and O–H groups in total. The van der Waals surface area contributed by atoms with Gasteiger partial charge in [0, 0.05) is 6.42 Å². The van der Waals surface area contributed by atoms with Gasteiger partial charge in [0.05, 0.1) is 16.8 Å². The molecule has 0 saturated heterocycles. The minimum absolute atomic E-state index is 0.173. The molecule has 0 saturated carbocycles. The summed E-state index contributed by atoms with van der Waals surface area (Å²) in [5.41, 5.74) is 2.96. The van der Waals surface area contributed by atoms with Gasteiger partial charge in [-0.1, -0.05) is 18.2 Å². The molecule has 1 aromatic heterocycles. The van der Waals surface area contributed by atoms with Gasteiger partial charge in [-0.2, -0.15) is 5.26 Å². The second-order valence-corrected chi connectivity index (χ2v) is 5.05. The van der Waals surface area contributed by atoms with Gasteiger partial charge in [-0.25, -0.2) is 4.79 Å². The Morgan fingerprint density at radius 1 is 1.26 bits per heavy atom. The summed E-state index contributed by atoms with van der Waals surface area (Å²) >= 11 is 0. The molecule has 0 fully saturated rings. The van der Waals surface area contributed by atoms with E-state index in [1.165, 1.54) is 0 Å². The molecule has 114 valence electrons. The molecule has 6 heteroatoms. The Morgan fingerprint density at radius 2 is 2.09 bits per heavy atom. The molecule has 0 spiro atoms. The van der Waals surface area contributed by atoms with E-state index in [0.717, 1.165) is 5.56 Å². The van der Waals surface area contributed by atoms with Crippen LogP contribution in [-0.2, 0) is 11.2 Å². The minimum atomic E-state index is -0.497. The molecule has 1 heterocycles. The monoisotopic (exact) mass is 307 g/mol. The highest BCUT2D eigenvalue weighted by atomic mass is 16.4. The zero-order valence-corrected chi connectivity index (χ0v) is 12.1. The van der Waals surface area contributed by atoms with Crippen LogP contribution >= 0.6 is 0 Å². The number of amides is 1. The zero-order chi connectivity index (χ0) is 16.2. The number of aryl methyl sites for hydroxylation is 1. The molecule has 0 bridgehead atoms. The van der Waals surface area contributed by atoms with Crippen LogP contribution in [0.1, 0.15) is 17.5 Å². The van der Waals surface area contributed by atoms with Crippen LogP contribution < -0.4 is 11.1 Å². The highest BCUT2D eigenvalue weighted by Gasteiger charge is 2.08. The summed E-state index contributed by atoms with van der Waals surface area (Å²) in [6.45, 7) is 0. The summed E-state index contributed by atoms with van der Waals surface area (Å²) in [6, 6.07) is 14.2. The van der Waals surface area contributed by atoms with Crippen LogP contribution in [0.3, 0.4) is 0 Å². The van der Waals surface area contributed by atoms with Crippen molar-refractivity contribution in [1.29, 1.82) is 5.26 Å². The maximum absolute atomic E-state index is 12.0. The number of aromatic amines is 1. The quantitative estimate of drug-likeness (QED) is 0.773. The Bertz CT molecular complexity index is 963. The number of rotatable bonds is 4. The molecule has 6 nitrogen and oxygen atoms in total. The maximum Gasteiger partial charge on any atom is 0.417 e. The van der Waals surface area contributed by atoms with Crippen LogP contribution in [0, 0.1) is 11.3 Å². The van der Waals surface area contributed by atoms with E-state index in [-0.39, 0.29) is 12.3 Å². The van der Waals surface area contributed by atoms with Gasteiger partial charge in [0.1, 0.15) is 6.07 Å². The molecular weight excluding hydrogens is 294 g/mol. The Hall–Kier alpha value is -3.33. The van der Waals surface area contributed by atoms with Gasteiger partial charge in [-0.15, -0.1) is 0 Å². The molecular formula is C17H13N3O3. The molecule has 23 heavy (non-hydrogen) atoms. The number of nitrogens with zero attached hydrogens (tertiary/aromatic N) is 1. The third-order valence-electron chi connectivity index (χ3n) is 3.45. The van der Waals surface area contributed by atoms with E-state index in [2.05, 4.69) is 10.3 Å². The van der Waals surface area contributed by atoms with Gasteiger partial charge >= 0.3 is 5.76 Å². The molecule has 3 aromatic rings. The smallest absolute Gasteiger partial charge is 0.408 e. The summed E-state index contributed by atoms with van der Waals surface area (Å²) in [5.74, 6) is -0.670. The van der Waals surface area contributed by atoms with Crippen molar-refractivity contribution in [2.75, 3.05) is 5.32 Å². The maximum atomic E-state index is 12.0. The van der Waals surface area contributed by atoms with Crippen LogP contribution in [-0.4, -0.2) is 10.9 Å². The number of hydrogen-bond donors (Lipinski definition) is 2. The molecule has 1 amide bonds. The van der Waals surface area contributed by atoms with Gasteiger partial charge in [-0.3, -0.25) is 9.78 Å². The number of H-pyrrole nitrogens is 1. The fourth-order valence-electron chi connectivity index (χ4n) is 2.31. The van der Waals surface area contributed by atoms with Gasteiger partial charge < -0.3 is 9.73 Å². The summed E-state index contributed by atoms with van der Waals surface area (Å²) < 4.78 is 4.93. The number of nitrogens with one attached hydrogen (secondary N) is 2. The van der Waals surface area contributed by atoms with Crippen molar-refractivity contribution in [3.05, 3.63) is 64.1 Å². The summed E-state index contributed by atoms with van der Waals surface area (Å²) in [7, 11) is 0. The largest absolute Gasteiger partial charge is 0.417 e. The number of hydrogen-bond acceptors (Lipinski definition) is 4. The first-order valence-corrected chi connectivity index (χ1v) is 7.06. The van der Waals surface area contributed by atoms with Crippen molar-refractivity contribution in [3.63, 3.8) is 0 Å². The lowest BCUT2D eigenvalue weighted by molar-refractivity contribution is -0.116. The van der Waals surface area contributed by atoms with Crippen LogP contribution in [0.2, 0.25) is 0 Å². The van der Waals surface area contributed by atoms with E-state index in [4.69, 9.17) is 9.68 Å². The van der Waals surface area contributed by atoms with Gasteiger partial charge in [0.25, 0.3) is 0 Å². The summed E-state index contributed by atoms with van der Waals surface area (Å²) in [4.78, 5) is 25.7. The number of fused-ring (bicyclic) bond motifs is 1. The predicted molar refractivity (Wildman–Crippen MR) is 84.9 cm³/mol. The van der Waals surface area contributed by atoms with E-state index >= 15 is 0 Å². The Morgan fingerprint density at radius 3 is 2.91 bits per heavy atom. The van der Waals surface area contributed by atoms with Crippen molar-refractivity contribution >= 4 is 22.7 Å². The van der Waals surface area contributed by atoms with Crippen molar-refractivity contribution in [1.82, 2.24) is 4.98 Å². The van der Waals surface area contributed by atoms with Crippen LogP contribution in [0.15, 0.2) is 51.7 Å².